The van der Waals surface area contributed by atoms with Gasteiger partial charge in [-0.3, -0.25) is 9.59 Å². The van der Waals surface area contributed by atoms with E-state index < -0.39 is 5.97 Å². The van der Waals surface area contributed by atoms with Crippen molar-refractivity contribution in [3.05, 3.63) is 45.1 Å². The largest absolute Gasteiger partial charge is 0.460 e. The van der Waals surface area contributed by atoms with Gasteiger partial charge in [-0.15, -0.1) is 0 Å². The third-order valence-corrected chi connectivity index (χ3v) is 4.15. The molecule has 0 aliphatic carbocycles. The number of hydrogen-bond acceptors (Lipinski definition) is 5. The van der Waals surface area contributed by atoms with Crippen LogP contribution in [-0.4, -0.2) is 15.7 Å². The van der Waals surface area contributed by atoms with E-state index in [1.165, 1.54) is 11.6 Å². The number of aromatic nitrogens is 2. The van der Waals surface area contributed by atoms with Gasteiger partial charge in [-0.05, 0) is 44.9 Å². The fourth-order valence-corrected chi connectivity index (χ4v) is 3.22. The van der Waals surface area contributed by atoms with Crippen molar-refractivity contribution in [3.8, 4) is 16.9 Å². The summed E-state index contributed by atoms with van der Waals surface area (Å²) >= 11 is 0. The number of aryl methyl sites for hydroxylation is 5. The number of esters is 1. The van der Waals surface area contributed by atoms with Crippen molar-refractivity contribution in [1.29, 1.82) is 0 Å². The van der Waals surface area contributed by atoms with E-state index in [9.17, 15) is 9.59 Å². The van der Waals surface area contributed by atoms with Gasteiger partial charge in [-0.2, -0.15) is 5.10 Å². The fourth-order valence-electron chi connectivity index (χ4n) is 3.22. The van der Waals surface area contributed by atoms with E-state index >= 15 is 0 Å². The lowest BCUT2D eigenvalue weighted by Crippen LogP contribution is -2.24. The average molecular weight is 340 g/mol. The van der Waals surface area contributed by atoms with E-state index in [1.54, 1.807) is 20.9 Å². The van der Waals surface area contributed by atoms with Crippen LogP contribution in [0.2, 0.25) is 0 Å². The summed E-state index contributed by atoms with van der Waals surface area (Å²) in [5.74, 6) is 0.276. The number of nitrogens with zero attached hydrogens (tertiary/aromatic N) is 2. The summed E-state index contributed by atoms with van der Waals surface area (Å²) in [4.78, 5) is 24.4. The maximum absolute atomic E-state index is 12.9. The Kier molecular flexibility index (Phi) is 3.99. The van der Waals surface area contributed by atoms with Gasteiger partial charge in [0, 0.05) is 24.9 Å². The summed E-state index contributed by atoms with van der Waals surface area (Å²) in [7, 11) is 1.57. The molecule has 0 fully saturated rings. The van der Waals surface area contributed by atoms with Gasteiger partial charge in [-0.25, -0.2) is 4.68 Å². The first-order chi connectivity index (χ1) is 11.7. The molecule has 0 unspecified atom stereocenters. The summed E-state index contributed by atoms with van der Waals surface area (Å²) in [6.45, 7) is 8.76. The fraction of sp³-hybridized carbons (Fsp3) is 0.316. The first kappa shape index (κ1) is 17.0. The molecule has 0 saturated heterocycles. The number of ether oxygens (including phenoxy) is 1. The van der Waals surface area contributed by atoms with Crippen molar-refractivity contribution in [3.63, 3.8) is 0 Å². The predicted molar refractivity (Wildman–Crippen MR) is 94.9 cm³/mol. The monoisotopic (exact) mass is 340 g/mol. The van der Waals surface area contributed by atoms with Gasteiger partial charge in [0.15, 0.2) is 5.75 Å². The molecular weight excluding hydrogens is 320 g/mol. The minimum atomic E-state index is -0.503. The Morgan fingerprint density at radius 3 is 2.48 bits per heavy atom. The molecule has 0 radical (unpaired) electrons. The van der Waals surface area contributed by atoms with Crippen molar-refractivity contribution in [2.45, 2.75) is 34.6 Å². The van der Waals surface area contributed by atoms with E-state index in [2.05, 4.69) is 5.10 Å². The van der Waals surface area contributed by atoms with Crippen molar-refractivity contribution >= 4 is 16.9 Å². The highest BCUT2D eigenvalue weighted by Gasteiger charge is 2.25. The topological polar surface area (TPSA) is 74.3 Å². The van der Waals surface area contributed by atoms with Crippen molar-refractivity contribution in [1.82, 2.24) is 9.78 Å². The Balaban J connectivity index is 2.49. The molecule has 0 saturated carbocycles. The molecule has 2 aromatic heterocycles. The highest BCUT2D eigenvalue weighted by Crippen LogP contribution is 2.39. The minimum absolute atomic E-state index is 0.181. The number of carbonyl (C=O) groups is 1. The minimum Gasteiger partial charge on any atom is -0.460 e. The second-order valence-corrected chi connectivity index (χ2v) is 6.30. The lowest BCUT2D eigenvalue weighted by Gasteiger charge is -2.12. The van der Waals surface area contributed by atoms with E-state index in [0.717, 1.165) is 22.1 Å². The molecule has 1 aromatic carbocycles. The Hall–Kier alpha value is -2.89. The van der Waals surface area contributed by atoms with Gasteiger partial charge in [-0.1, -0.05) is 6.07 Å². The number of rotatable bonds is 2. The molecule has 6 heteroatoms. The van der Waals surface area contributed by atoms with Gasteiger partial charge in [0.05, 0.1) is 5.56 Å². The van der Waals surface area contributed by atoms with Crippen LogP contribution in [0.25, 0.3) is 22.1 Å². The lowest BCUT2D eigenvalue weighted by molar-refractivity contribution is -0.131. The first-order valence-electron chi connectivity index (χ1n) is 7.97. The number of carbonyl (C=O) groups excluding carboxylic acids is 1. The smallest absolute Gasteiger partial charge is 0.308 e. The Morgan fingerprint density at radius 2 is 1.84 bits per heavy atom. The lowest BCUT2D eigenvalue weighted by atomic mass is 9.99. The SMILES string of the molecule is CC(=O)Oc1c(C)nn(C)c(=O)c1-c1c(C)oc2c(C)cc(C)cc12. The highest BCUT2D eigenvalue weighted by molar-refractivity contribution is 5.99. The van der Waals surface area contributed by atoms with E-state index in [-0.39, 0.29) is 11.3 Å². The van der Waals surface area contributed by atoms with Gasteiger partial charge in [0.25, 0.3) is 5.56 Å². The third-order valence-electron chi connectivity index (χ3n) is 4.15. The van der Waals surface area contributed by atoms with E-state index in [4.69, 9.17) is 9.15 Å². The van der Waals surface area contributed by atoms with Crippen LogP contribution in [0, 0.1) is 27.7 Å². The molecule has 3 rings (SSSR count). The summed E-state index contributed by atoms with van der Waals surface area (Å²) in [6.07, 6.45) is 0. The number of hydrogen-bond donors (Lipinski definition) is 0. The standard InChI is InChI=1S/C19H20N2O4/c1-9-7-10(2)17-14(8-9)15(12(4)24-17)16-18(25-13(5)22)11(3)20-21(6)19(16)23/h7-8H,1-6H3. The van der Waals surface area contributed by atoms with Crippen LogP contribution >= 0.6 is 0 Å². The van der Waals surface area contributed by atoms with Gasteiger partial charge in [0.2, 0.25) is 0 Å². The van der Waals surface area contributed by atoms with Crippen LogP contribution < -0.4 is 10.3 Å². The second-order valence-electron chi connectivity index (χ2n) is 6.30. The first-order valence-corrected chi connectivity index (χ1v) is 7.97. The third kappa shape index (κ3) is 2.73. The maximum atomic E-state index is 12.9. The molecule has 6 nitrogen and oxygen atoms in total. The van der Waals surface area contributed by atoms with Crippen LogP contribution in [-0.2, 0) is 11.8 Å². The molecule has 25 heavy (non-hydrogen) atoms. The Morgan fingerprint density at radius 1 is 1.16 bits per heavy atom. The average Bonchev–Trinajstić information content (AvgIpc) is 2.82. The molecule has 0 spiro atoms. The van der Waals surface area contributed by atoms with Gasteiger partial charge < -0.3 is 9.15 Å². The van der Waals surface area contributed by atoms with Crippen LogP contribution in [0.1, 0.15) is 29.5 Å². The molecule has 130 valence electrons. The number of benzene rings is 1. The van der Waals surface area contributed by atoms with Crippen molar-refractivity contribution in [2.24, 2.45) is 7.05 Å². The van der Waals surface area contributed by atoms with Crippen molar-refractivity contribution < 1.29 is 13.9 Å². The molecule has 0 amide bonds. The normalized spacial score (nSPS) is 11.1. The van der Waals surface area contributed by atoms with Crippen LogP contribution in [0.15, 0.2) is 21.3 Å². The summed E-state index contributed by atoms with van der Waals surface area (Å²) in [5, 5.41) is 4.96. The van der Waals surface area contributed by atoms with Crippen LogP contribution in [0.5, 0.6) is 5.75 Å². The molecule has 0 bridgehead atoms. The molecule has 3 aromatic rings. The Bertz CT molecular complexity index is 1070. The molecule has 0 N–H and O–H groups in total. The van der Waals surface area contributed by atoms with E-state index in [0.29, 0.717) is 22.6 Å². The van der Waals surface area contributed by atoms with Crippen LogP contribution in [0.3, 0.4) is 0 Å². The van der Waals surface area contributed by atoms with Gasteiger partial charge in [0.1, 0.15) is 17.0 Å². The number of fused-ring (bicyclic) bond motifs is 1. The molecule has 0 atom stereocenters. The van der Waals surface area contributed by atoms with Gasteiger partial charge >= 0.3 is 5.97 Å². The second kappa shape index (κ2) is 5.88. The molecule has 2 heterocycles. The quantitative estimate of drug-likeness (QED) is 0.669. The summed E-state index contributed by atoms with van der Waals surface area (Å²) in [6, 6.07) is 4.00. The zero-order chi connectivity index (χ0) is 18.5. The Labute approximate surface area is 145 Å². The van der Waals surface area contributed by atoms with Crippen molar-refractivity contribution in [2.75, 3.05) is 0 Å². The molecular formula is C19H20N2O4. The highest BCUT2D eigenvalue weighted by atomic mass is 16.5. The van der Waals surface area contributed by atoms with Crippen LogP contribution in [0.4, 0.5) is 0 Å². The summed E-state index contributed by atoms with van der Waals surface area (Å²) < 4.78 is 12.5. The van der Waals surface area contributed by atoms with E-state index in [1.807, 2.05) is 26.0 Å². The molecule has 0 aliphatic rings. The molecule has 0 aliphatic heterocycles. The maximum Gasteiger partial charge on any atom is 0.308 e. The number of furan rings is 1. The predicted octanol–water partition coefficient (Wildman–Crippen LogP) is 3.35. The zero-order valence-corrected chi connectivity index (χ0v) is 15.2. The summed E-state index contributed by atoms with van der Waals surface area (Å²) in [5.41, 5.74) is 3.83. The zero-order valence-electron chi connectivity index (χ0n) is 15.2.